The Morgan fingerprint density at radius 2 is 1.82 bits per heavy atom. The molecule has 0 saturated carbocycles. The standard InChI is InChI=1S/C26H25Cl2F3N2O5/c1-3-6-17-21-18(23(32-38-21)26(29,30)31)13-19(28)22(17)37-20(15-7-9-16(27)10-8-15)25(35)36-14(2)24(34)33-11-4-5-12-33/h7-10,13-14,20H,3-6,11-12H2,1-2H3/t14-,20?/m1/s1. The van der Waals surface area contributed by atoms with Crippen LogP contribution in [0.15, 0.2) is 34.9 Å². The molecule has 38 heavy (non-hydrogen) atoms. The lowest BCUT2D eigenvalue weighted by atomic mass is 10.0. The Hall–Kier alpha value is -2.98. The third kappa shape index (κ3) is 5.86. The van der Waals surface area contributed by atoms with E-state index in [1.54, 1.807) is 29.2 Å². The zero-order valence-electron chi connectivity index (χ0n) is 20.6. The van der Waals surface area contributed by atoms with Crippen LogP contribution < -0.4 is 4.74 Å². The maximum Gasteiger partial charge on any atom is 0.437 e. The van der Waals surface area contributed by atoms with Crippen molar-refractivity contribution in [3.05, 3.63) is 57.2 Å². The van der Waals surface area contributed by atoms with Crippen LogP contribution in [0, 0.1) is 0 Å². The number of carbonyl (C=O) groups is 2. The first-order chi connectivity index (χ1) is 18.0. The Labute approximate surface area is 226 Å². The summed E-state index contributed by atoms with van der Waals surface area (Å²) in [6, 6.07) is 7.23. The highest BCUT2D eigenvalue weighted by Gasteiger charge is 2.39. The molecule has 12 heteroatoms. The molecule has 0 radical (unpaired) electrons. The molecular formula is C26H25Cl2F3N2O5. The van der Waals surface area contributed by atoms with Gasteiger partial charge in [-0.15, -0.1) is 0 Å². The maximum absolute atomic E-state index is 13.5. The van der Waals surface area contributed by atoms with Crippen LogP contribution in [0.25, 0.3) is 11.0 Å². The SMILES string of the molecule is CCCc1c(OC(C(=O)O[C@H](C)C(=O)N2CCCC2)c2ccc(Cl)cc2)c(Cl)cc2c(C(F)(F)F)noc12. The molecule has 204 valence electrons. The van der Waals surface area contributed by atoms with Crippen LogP contribution in [-0.4, -0.2) is 41.1 Å². The fourth-order valence-corrected chi connectivity index (χ4v) is 4.78. The number of nitrogens with zero attached hydrogens (tertiary/aromatic N) is 2. The summed E-state index contributed by atoms with van der Waals surface area (Å²) in [5.41, 5.74) is -0.779. The number of ether oxygens (including phenoxy) is 2. The van der Waals surface area contributed by atoms with Crippen LogP contribution in [0.4, 0.5) is 13.2 Å². The Morgan fingerprint density at radius 3 is 2.42 bits per heavy atom. The van der Waals surface area contributed by atoms with Gasteiger partial charge < -0.3 is 18.9 Å². The molecule has 0 spiro atoms. The zero-order valence-corrected chi connectivity index (χ0v) is 22.1. The van der Waals surface area contributed by atoms with Gasteiger partial charge in [-0.2, -0.15) is 13.2 Å². The van der Waals surface area contributed by atoms with Crippen molar-refractivity contribution in [3.63, 3.8) is 0 Å². The van der Waals surface area contributed by atoms with Crippen molar-refractivity contribution in [1.29, 1.82) is 0 Å². The van der Waals surface area contributed by atoms with Gasteiger partial charge in [-0.25, -0.2) is 4.79 Å². The predicted octanol–water partition coefficient (Wildman–Crippen LogP) is 6.78. The first kappa shape index (κ1) is 28.0. The highest BCUT2D eigenvalue weighted by molar-refractivity contribution is 6.33. The van der Waals surface area contributed by atoms with E-state index in [1.807, 2.05) is 6.92 Å². The largest absolute Gasteiger partial charge is 0.472 e. The topological polar surface area (TPSA) is 81.9 Å². The highest BCUT2D eigenvalue weighted by atomic mass is 35.5. The van der Waals surface area contributed by atoms with Gasteiger partial charge in [0.1, 0.15) is 5.75 Å². The summed E-state index contributed by atoms with van der Waals surface area (Å²) in [5, 5.41) is 3.14. The lowest BCUT2D eigenvalue weighted by Gasteiger charge is -2.24. The normalized spacial score (nSPS) is 15.5. The maximum atomic E-state index is 13.5. The summed E-state index contributed by atoms with van der Waals surface area (Å²) in [6.07, 6.45) is -4.75. The molecule has 3 aromatic rings. The summed E-state index contributed by atoms with van der Waals surface area (Å²) >= 11 is 12.4. The fourth-order valence-electron chi connectivity index (χ4n) is 4.39. The summed E-state index contributed by atoms with van der Waals surface area (Å²) in [5.74, 6) is -1.24. The van der Waals surface area contributed by atoms with Crippen LogP contribution in [0.5, 0.6) is 5.75 Å². The van der Waals surface area contributed by atoms with E-state index in [1.165, 1.54) is 6.92 Å². The van der Waals surface area contributed by atoms with E-state index in [2.05, 4.69) is 5.16 Å². The van der Waals surface area contributed by atoms with Crippen molar-refractivity contribution in [2.45, 2.75) is 57.9 Å². The van der Waals surface area contributed by atoms with Crippen LogP contribution >= 0.6 is 23.2 Å². The number of amides is 1. The van der Waals surface area contributed by atoms with Crippen molar-refractivity contribution in [2.24, 2.45) is 0 Å². The molecule has 0 N–H and O–H groups in total. The van der Waals surface area contributed by atoms with Gasteiger partial charge in [-0.1, -0.05) is 53.8 Å². The van der Waals surface area contributed by atoms with Crippen molar-refractivity contribution in [3.8, 4) is 5.75 Å². The van der Waals surface area contributed by atoms with E-state index in [0.717, 1.165) is 18.9 Å². The first-order valence-electron chi connectivity index (χ1n) is 12.1. The monoisotopic (exact) mass is 572 g/mol. The lowest BCUT2D eigenvalue weighted by molar-refractivity contribution is -0.164. The zero-order chi connectivity index (χ0) is 27.6. The average Bonchev–Trinajstić information content (AvgIpc) is 3.54. The van der Waals surface area contributed by atoms with Gasteiger partial charge in [0.25, 0.3) is 5.91 Å². The summed E-state index contributed by atoms with van der Waals surface area (Å²) in [6.45, 7) is 4.47. The van der Waals surface area contributed by atoms with Gasteiger partial charge in [0, 0.05) is 29.2 Å². The quantitative estimate of drug-likeness (QED) is 0.277. The Kier molecular flexibility index (Phi) is 8.42. The van der Waals surface area contributed by atoms with Crippen LogP contribution in [-0.2, 0) is 26.9 Å². The van der Waals surface area contributed by atoms with E-state index in [4.69, 9.17) is 37.2 Å². The van der Waals surface area contributed by atoms with E-state index < -0.39 is 30.0 Å². The number of benzene rings is 2. The molecule has 1 aromatic heterocycles. The molecule has 1 fully saturated rings. The van der Waals surface area contributed by atoms with Crippen LogP contribution in [0.2, 0.25) is 10.0 Å². The van der Waals surface area contributed by atoms with Crippen molar-refractivity contribution in [1.82, 2.24) is 10.1 Å². The van der Waals surface area contributed by atoms with Gasteiger partial charge >= 0.3 is 12.1 Å². The number of carbonyl (C=O) groups excluding carboxylic acids is 2. The molecule has 2 atom stereocenters. The van der Waals surface area contributed by atoms with Crippen molar-refractivity contribution >= 4 is 46.0 Å². The second-order valence-electron chi connectivity index (χ2n) is 8.98. The Bertz CT molecular complexity index is 1320. The van der Waals surface area contributed by atoms with E-state index >= 15 is 0 Å². The van der Waals surface area contributed by atoms with E-state index in [0.29, 0.717) is 30.1 Å². The number of fused-ring (bicyclic) bond motifs is 1. The number of alkyl halides is 3. The summed E-state index contributed by atoms with van der Waals surface area (Å²) in [7, 11) is 0. The molecule has 1 unspecified atom stereocenters. The second kappa shape index (κ2) is 11.4. The third-order valence-corrected chi connectivity index (χ3v) is 6.75. The number of likely N-dealkylation sites (tertiary alicyclic amines) is 1. The predicted molar refractivity (Wildman–Crippen MR) is 134 cm³/mol. The van der Waals surface area contributed by atoms with E-state index in [-0.39, 0.29) is 39.6 Å². The number of aryl methyl sites for hydroxylation is 1. The number of hydrogen-bond donors (Lipinski definition) is 0. The Balaban J connectivity index is 1.72. The molecule has 2 heterocycles. The molecule has 2 aromatic carbocycles. The number of halogens is 5. The minimum atomic E-state index is -4.76. The number of rotatable bonds is 8. The molecule has 7 nitrogen and oxygen atoms in total. The lowest BCUT2D eigenvalue weighted by Crippen LogP contribution is -2.39. The number of esters is 1. The van der Waals surface area contributed by atoms with Gasteiger partial charge in [0.05, 0.1) is 10.4 Å². The molecule has 1 saturated heterocycles. The van der Waals surface area contributed by atoms with Crippen molar-refractivity contribution in [2.75, 3.05) is 13.1 Å². The van der Waals surface area contributed by atoms with Gasteiger partial charge in [0.15, 0.2) is 17.4 Å². The number of hydrogen-bond acceptors (Lipinski definition) is 6. The molecule has 0 aliphatic carbocycles. The van der Waals surface area contributed by atoms with E-state index in [9.17, 15) is 22.8 Å². The first-order valence-corrected chi connectivity index (χ1v) is 12.9. The molecule has 4 rings (SSSR count). The minimum Gasteiger partial charge on any atom is -0.472 e. The Morgan fingerprint density at radius 1 is 1.16 bits per heavy atom. The van der Waals surface area contributed by atoms with Crippen molar-refractivity contribution < 1.29 is 36.8 Å². The fraction of sp³-hybridized carbons (Fsp3) is 0.423. The van der Waals surface area contributed by atoms with Gasteiger partial charge in [0.2, 0.25) is 6.10 Å². The van der Waals surface area contributed by atoms with Crippen LogP contribution in [0.1, 0.15) is 56.0 Å². The van der Waals surface area contributed by atoms with Gasteiger partial charge in [-0.05, 0) is 44.4 Å². The molecule has 1 aliphatic rings. The molecular weight excluding hydrogens is 548 g/mol. The minimum absolute atomic E-state index is 0.0405. The summed E-state index contributed by atoms with van der Waals surface area (Å²) < 4.78 is 57.1. The second-order valence-corrected chi connectivity index (χ2v) is 9.83. The highest BCUT2D eigenvalue weighted by Crippen LogP contribution is 2.43. The molecule has 1 amide bonds. The molecule has 0 bridgehead atoms. The average molecular weight is 573 g/mol. The smallest absolute Gasteiger partial charge is 0.437 e. The van der Waals surface area contributed by atoms with Crippen LogP contribution in [0.3, 0.4) is 0 Å². The number of aromatic nitrogens is 1. The van der Waals surface area contributed by atoms with Gasteiger partial charge in [-0.3, -0.25) is 4.79 Å². The third-order valence-electron chi connectivity index (χ3n) is 6.21. The summed E-state index contributed by atoms with van der Waals surface area (Å²) in [4.78, 5) is 27.7. The molecule has 1 aliphatic heterocycles.